The Morgan fingerprint density at radius 2 is 1.71 bits per heavy atom. The standard InChI is InChI=1S/C30H35ClN2O/c1-4-27(30(34)32-29-22(2)12-10-13-23(29)3)33(21-24-14-11-17-26(31)20-24)19-9-8-18-28(33)25-15-6-5-7-16-25/h5-7,10-17,20,27-28H,4,8-9,18-19,21H2,1-3H3/p+1. The van der Waals surface area contributed by atoms with Gasteiger partial charge in [-0.1, -0.05) is 79.2 Å². The quantitative estimate of drug-likeness (QED) is 0.350. The van der Waals surface area contributed by atoms with Gasteiger partial charge in [0.25, 0.3) is 5.91 Å². The molecule has 0 saturated carbocycles. The lowest BCUT2D eigenvalue weighted by Gasteiger charge is -2.52. The number of hydrogen-bond acceptors (Lipinski definition) is 1. The van der Waals surface area contributed by atoms with E-state index < -0.39 is 0 Å². The van der Waals surface area contributed by atoms with Crippen LogP contribution in [0, 0.1) is 13.8 Å². The molecule has 0 radical (unpaired) electrons. The van der Waals surface area contributed by atoms with Gasteiger partial charge >= 0.3 is 0 Å². The fourth-order valence-electron chi connectivity index (χ4n) is 5.94. The number of halogens is 1. The van der Waals surface area contributed by atoms with Crippen molar-refractivity contribution in [2.24, 2.45) is 0 Å². The molecular weight excluding hydrogens is 440 g/mol. The van der Waals surface area contributed by atoms with Crippen molar-refractivity contribution in [1.82, 2.24) is 0 Å². The molecule has 1 N–H and O–H groups in total. The normalized spacial score (nSPS) is 21.1. The van der Waals surface area contributed by atoms with Crippen molar-refractivity contribution in [3.05, 3.63) is 100 Å². The van der Waals surface area contributed by atoms with Crippen LogP contribution < -0.4 is 5.32 Å². The number of hydrogen-bond donors (Lipinski definition) is 1. The van der Waals surface area contributed by atoms with Gasteiger partial charge in [-0.3, -0.25) is 4.79 Å². The average molecular weight is 476 g/mol. The number of nitrogens with zero attached hydrogens (tertiary/aromatic N) is 1. The largest absolute Gasteiger partial charge is 0.320 e. The van der Waals surface area contributed by atoms with Gasteiger partial charge in [-0.05, 0) is 49.9 Å². The van der Waals surface area contributed by atoms with Crippen molar-refractivity contribution in [1.29, 1.82) is 0 Å². The highest BCUT2D eigenvalue weighted by Crippen LogP contribution is 2.43. The first-order chi connectivity index (χ1) is 16.4. The summed E-state index contributed by atoms with van der Waals surface area (Å²) < 4.78 is 0.734. The maximum atomic E-state index is 14.0. The topological polar surface area (TPSA) is 29.1 Å². The van der Waals surface area contributed by atoms with E-state index in [1.54, 1.807) is 0 Å². The van der Waals surface area contributed by atoms with Gasteiger partial charge in [-0.15, -0.1) is 0 Å². The summed E-state index contributed by atoms with van der Waals surface area (Å²) >= 11 is 6.39. The molecule has 34 heavy (non-hydrogen) atoms. The molecule has 0 aliphatic carbocycles. The first-order valence-corrected chi connectivity index (χ1v) is 12.9. The van der Waals surface area contributed by atoms with E-state index in [2.05, 4.69) is 80.7 Å². The van der Waals surface area contributed by atoms with Gasteiger partial charge < -0.3 is 9.80 Å². The summed E-state index contributed by atoms with van der Waals surface area (Å²) in [4.78, 5) is 14.0. The third kappa shape index (κ3) is 5.06. The predicted octanol–water partition coefficient (Wildman–Crippen LogP) is 7.62. The van der Waals surface area contributed by atoms with E-state index in [-0.39, 0.29) is 18.0 Å². The smallest absolute Gasteiger partial charge is 0.282 e. The fourth-order valence-corrected chi connectivity index (χ4v) is 6.16. The molecule has 1 amide bonds. The third-order valence-electron chi connectivity index (χ3n) is 7.51. The van der Waals surface area contributed by atoms with E-state index >= 15 is 0 Å². The number of carbonyl (C=O) groups is 1. The molecule has 3 unspecified atom stereocenters. The zero-order valence-corrected chi connectivity index (χ0v) is 21.3. The van der Waals surface area contributed by atoms with Crippen LogP contribution in [-0.4, -0.2) is 23.0 Å². The molecule has 0 aromatic heterocycles. The van der Waals surface area contributed by atoms with Crippen LogP contribution in [0.4, 0.5) is 5.69 Å². The Labute approximate surface area is 209 Å². The molecule has 1 saturated heterocycles. The zero-order valence-electron chi connectivity index (χ0n) is 20.6. The zero-order chi connectivity index (χ0) is 24.1. The van der Waals surface area contributed by atoms with Crippen molar-refractivity contribution in [2.45, 2.75) is 65.1 Å². The molecule has 1 aliphatic rings. The summed E-state index contributed by atoms with van der Waals surface area (Å²) in [6, 6.07) is 25.2. The van der Waals surface area contributed by atoms with Gasteiger partial charge in [0.2, 0.25) is 0 Å². The molecule has 3 atom stereocenters. The number of piperidine rings is 1. The highest BCUT2D eigenvalue weighted by atomic mass is 35.5. The lowest BCUT2D eigenvalue weighted by molar-refractivity contribution is -0.987. The van der Waals surface area contributed by atoms with E-state index in [9.17, 15) is 4.79 Å². The van der Waals surface area contributed by atoms with Crippen molar-refractivity contribution in [2.75, 3.05) is 11.9 Å². The lowest BCUT2D eigenvalue weighted by Crippen LogP contribution is -2.62. The summed E-state index contributed by atoms with van der Waals surface area (Å²) in [5, 5.41) is 4.09. The summed E-state index contributed by atoms with van der Waals surface area (Å²) in [6.45, 7) is 8.05. The number of benzene rings is 3. The van der Waals surface area contributed by atoms with E-state index in [1.165, 1.54) is 17.5 Å². The second kappa shape index (κ2) is 10.8. The van der Waals surface area contributed by atoms with Crippen molar-refractivity contribution in [3.63, 3.8) is 0 Å². The van der Waals surface area contributed by atoms with Gasteiger partial charge in [0.05, 0.1) is 6.54 Å². The molecular formula is C30H36ClN2O+. The predicted molar refractivity (Wildman–Crippen MR) is 142 cm³/mol. The second-order valence-electron chi connectivity index (χ2n) is 9.72. The van der Waals surface area contributed by atoms with E-state index in [0.717, 1.165) is 58.7 Å². The molecule has 1 aliphatic heterocycles. The monoisotopic (exact) mass is 475 g/mol. The fraction of sp³-hybridized carbons (Fsp3) is 0.367. The van der Waals surface area contributed by atoms with Gasteiger partial charge in [0.15, 0.2) is 6.04 Å². The minimum Gasteiger partial charge on any atom is -0.320 e. The van der Waals surface area contributed by atoms with Crippen LogP contribution in [-0.2, 0) is 11.3 Å². The SMILES string of the molecule is CCC(C(=O)Nc1c(C)cccc1C)[N+]1(Cc2cccc(Cl)c2)CCCCC1c1ccccc1. The first-order valence-electron chi connectivity index (χ1n) is 12.5. The van der Waals surface area contributed by atoms with Crippen molar-refractivity contribution in [3.8, 4) is 0 Å². The van der Waals surface area contributed by atoms with Crippen LogP contribution in [0.1, 0.15) is 60.9 Å². The van der Waals surface area contributed by atoms with E-state index in [4.69, 9.17) is 11.6 Å². The molecule has 4 heteroatoms. The van der Waals surface area contributed by atoms with Gasteiger partial charge in [0.1, 0.15) is 12.6 Å². The third-order valence-corrected chi connectivity index (χ3v) is 7.75. The maximum absolute atomic E-state index is 14.0. The van der Waals surface area contributed by atoms with Crippen LogP contribution in [0.15, 0.2) is 72.8 Å². The van der Waals surface area contributed by atoms with Gasteiger partial charge in [-0.25, -0.2) is 0 Å². The van der Waals surface area contributed by atoms with E-state index in [0.29, 0.717) is 0 Å². The summed E-state index contributed by atoms with van der Waals surface area (Å²) in [6.07, 6.45) is 4.17. The van der Waals surface area contributed by atoms with Gasteiger partial charge in [-0.2, -0.15) is 0 Å². The van der Waals surface area contributed by atoms with Crippen LogP contribution in [0.5, 0.6) is 0 Å². The number of para-hydroxylation sites is 1. The number of nitrogens with one attached hydrogen (secondary N) is 1. The molecule has 178 valence electrons. The number of amides is 1. The van der Waals surface area contributed by atoms with Crippen LogP contribution in [0.25, 0.3) is 0 Å². The molecule has 1 heterocycles. The van der Waals surface area contributed by atoms with Gasteiger partial charge in [0, 0.05) is 34.7 Å². The Morgan fingerprint density at radius 3 is 2.38 bits per heavy atom. The van der Waals surface area contributed by atoms with Crippen LogP contribution in [0.2, 0.25) is 5.02 Å². The molecule has 4 rings (SSSR count). The summed E-state index contributed by atoms with van der Waals surface area (Å²) in [5.74, 6) is 0.116. The van der Waals surface area contributed by atoms with E-state index in [1.807, 2.05) is 18.2 Å². The molecule has 3 aromatic rings. The van der Waals surface area contributed by atoms with Crippen molar-refractivity contribution >= 4 is 23.2 Å². The second-order valence-corrected chi connectivity index (χ2v) is 10.2. The summed E-state index contributed by atoms with van der Waals surface area (Å²) in [5.41, 5.74) is 5.65. The highest BCUT2D eigenvalue weighted by molar-refractivity contribution is 6.30. The number of carbonyl (C=O) groups excluding carboxylic acids is 1. The Hall–Kier alpha value is -2.62. The Balaban J connectivity index is 1.79. The van der Waals surface area contributed by atoms with Crippen LogP contribution in [0.3, 0.4) is 0 Å². The summed E-state index contributed by atoms with van der Waals surface area (Å²) in [7, 11) is 0. The minimum atomic E-state index is -0.163. The minimum absolute atomic E-state index is 0.116. The lowest BCUT2D eigenvalue weighted by atomic mass is 9.87. The average Bonchev–Trinajstić information content (AvgIpc) is 2.83. The molecule has 0 spiro atoms. The molecule has 1 fully saturated rings. The highest BCUT2D eigenvalue weighted by Gasteiger charge is 2.48. The number of likely N-dealkylation sites (tertiary alicyclic amines) is 1. The molecule has 3 nitrogen and oxygen atoms in total. The van der Waals surface area contributed by atoms with Crippen LogP contribution >= 0.6 is 11.6 Å². The molecule has 0 bridgehead atoms. The Kier molecular flexibility index (Phi) is 7.75. The number of quaternary nitrogens is 1. The molecule has 3 aromatic carbocycles. The van der Waals surface area contributed by atoms with Crippen molar-refractivity contribution < 1.29 is 9.28 Å². The number of aryl methyl sites for hydroxylation is 2. The number of anilines is 1. The Morgan fingerprint density at radius 1 is 1.00 bits per heavy atom. The maximum Gasteiger partial charge on any atom is 0.282 e. The number of rotatable bonds is 7. The first kappa shape index (κ1) is 24.5. The Bertz CT molecular complexity index is 1110.